The number of hydrogen-bond acceptors (Lipinski definition) is 4. The highest BCUT2D eigenvalue weighted by Gasteiger charge is 2.34. The van der Waals surface area contributed by atoms with Crippen LogP contribution in [0.4, 0.5) is 0 Å². The smallest absolute Gasteiger partial charge is 0.254 e. The zero-order chi connectivity index (χ0) is 16.9. The van der Waals surface area contributed by atoms with Gasteiger partial charge in [0.05, 0.1) is 24.4 Å². The molecular weight excluding hydrogens is 306 g/mol. The zero-order valence-corrected chi connectivity index (χ0v) is 13.1. The van der Waals surface area contributed by atoms with Crippen LogP contribution < -0.4 is 5.32 Å². The average molecular weight is 323 g/mol. The summed E-state index contributed by atoms with van der Waals surface area (Å²) >= 11 is 0. The number of carbonyl (C=O) groups excluding carboxylic acids is 2. The van der Waals surface area contributed by atoms with Gasteiger partial charge in [-0.3, -0.25) is 9.59 Å². The van der Waals surface area contributed by atoms with E-state index in [-0.39, 0.29) is 11.8 Å². The monoisotopic (exact) mass is 323 g/mol. The Bertz CT molecular complexity index is 760. The molecule has 0 saturated carbocycles. The van der Waals surface area contributed by atoms with E-state index < -0.39 is 6.04 Å². The molecule has 1 aromatic carbocycles. The Hall–Kier alpha value is -3.07. The number of likely N-dealkylation sites (tertiary alicyclic amines) is 1. The standard InChI is InChI=1S/C18H17N3O3/c19-11-13-5-7-14(8-6-13)18(23)21-9-1-4-16(21)17(22)20-12-15-3-2-10-24-15/h2-3,5-8,10,16H,1,4,9,12H2,(H,20,22)/t16-/m1/s1. The first-order valence-corrected chi connectivity index (χ1v) is 7.80. The van der Waals surface area contributed by atoms with E-state index in [1.54, 1.807) is 47.6 Å². The van der Waals surface area contributed by atoms with E-state index in [0.29, 0.717) is 36.4 Å². The molecule has 1 aliphatic rings. The van der Waals surface area contributed by atoms with Crippen molar-refractivity contribution in [1.29, 1.82) is 5.26 Å². The van der Waals surface area contributed by atoms with Crippen LogP contribution in [0.2, 0.25) is 0 Å². The SMILES string of the molecule is N#Cc1ccc(C(=O)N2CCC[C@@H]2C(=O)NCc2ccco2)cc1. The van der Waals surface area contributed by atoms with E-state index in [4.69, 9.17) is 9.68 Å². The molecular formula is C18H17N3O3. The summed E-state index contributed by atoms with van der Waals surface area (Å²) < 4.78 is 5.19. The van der Waals surface area contributed by atoms with E-state index >= 15 is 0 Å². The number of rotatable bonds is 4. The average Bonchev–Trinajstić information content (AvgIpc) is 3.30. The molecule has 2 heterocycles. The van der Waals surface area contributed by atoms with Gasteiger partial charge in [-0.05, 0) is 49.2 Å². The van der Waals surface area contributed by atoms with Crippen molar-refractivity contribution in [2.24, 2.45) is 0 Å². The van der Waals surface area contributed by atoms with E-state index in [2.05, 4.69) is 5.32 Å². The van der Waals surface area contributed by atoms with E-state index in [9.17, 15) is 9.59 Å². The van der Waals surface area contributed by atoms with E-state index in [0.717, 1.165) is 6.42 Å². The van der Waals surface area contributed by atoms with Gasteiger partial charge >= 0.3 is 0 Å². The van der Waals surface area contributed by atoms with Gasteiger partial charge in [0.15, 0.2) is 0 Å². The fourth-order valence-corrected chi connectivity index (χ4v) is 2.84. The van der Waals surface area contributed by atoms with Gasteiger partial charge in [-0.2, -0.15) is 5.26 Å². The minimum Gasteiger partial charge on any atom is -0.467 e. The maximum absolute atomic E-state index is 12.6. The fourth-order valence-electron chi connectivity index (χ4n) is 2.84. The van der Waals surface area contributed by atoms with Gasteiger partial charge in [-0.25, -0.2) is 0 Å². The summed E-state index contributed by atoms with van der Waals surface area (Å²) in [6.07, 6.45) is 2.99. The lowest BCUT2D eigenvalue weighted by Gasteiger charge is -2.24. The molecule has 0 spiro atoms. The normalized spacial score (nSPS) is 16.6. The van der Waals surface area contributed by atoms with Gasteiger partial charge in [0, 0.05) is 12.1 Å². The Morgan fingerprint density at radius 3 is 2.75 bits per heavy atom. The van der Waals surface area contributed by atoms with Crippen molar-refractivity contribution in [3.05, 3.63) is 59.5 Å². The maximum Gasteiger partial charge on any atom is 0.254 e. The quantitative estimate of drug-likeness (QED) is 0.933. The Morgan fingerprint density at radius 1 is 1.29 bits per heavy atom. The van der Waals surface area contributed by atoms with E-state index in [1.165, 1.54) is 0 Å². The highest BCUT2D eigenvalue weighted by molar-refractivity contribution is 5.98. The number of nitrogens with one attached hydrogen (secondary N) is 1. The molecule has 0 radical (unpaired) electrons. The van der Waals surface area contributed by atoms with Crippen LogP contribution >= 0.6 is 0 Å². The number of hydrogen-bond donors (Lipinski definition) is 1. The third kappa shape index (κ3) is 3.30. The summed E-state index contributed by atoms with van der Waals surface area (Å²) in [5, 5.41) is 11.6. The molecule has 1 N–H and O–H groups in total. The maximum atomic E-state index is 12.6. The lowest BCUT2D eigenvalue weighted by molar-refractivity contribution is -0.125. The topological polar surface area (TPSA) is 86.3 Å². The van der Waals surface area contributed by atoms with Crippen LogP contribution in [0.3, 0.4) is 0 Å². The number of carbonyl (C=O) groups is 2. The Balaban J connectivity index is 1.66. The van der Waals surface area contributed by atoms with Crippen LogP contribution in [-0.2, 0) is 11.3 Å². The molecule has 1 atom stereocenters. The highest BCUT2D eigenvalue weighted by atomic mass is 16.3. The van der Waals surface area contributed by atoms with Crippen LogP contribution in [0.5, 0.6) is 0 Å². The van der Waals surface area contributed by atoms with Gasteiger partial charge in [0.2, 0.25) is 5.91 Å². The molecule has 1 saturated heterocycles. The van der Waals surface area contributed by atoms with Gasteiger partial charge in [-0.15, -0.1) is 0 Å². The van der Waals surface area contributed by atoms with Crippen molar-refractivity contribution in [2.75, 3.05) is 6.54 Å². The van der Waals surface area contributed by atoms with Gasteiger partial charge < -0.3 is 14.6 Å². The van der Waals surface area contributed by atoms with Crippen molar-refractivity contribution in [3.63, 3.8) is 0 Å². The van der Waals surface area contributed by atoms with Gasteiger partial charge in [0.1, 0.15) is 11.8 Å². The Morgan fingerprint density at radius 2 is 2.08 bits per heavy atom. The lowest BCUT2D eigenvalue weighted by Crippen LogP contribution is -2.45. The van der Waals surface area contributed by atoms with Crippen molar-refractivity contribution >= 4 is 11.8 Å². The first-order chi connectivity index (χ1) is 11.7. The predicted octanol–water partition coefficient (Wildman–Crippen LogP) is 2.07. The number of benzene rings is 1. The second-order valence-corrected chi connectivity index (χ2v) is 5.64. The molecule has 122 valence electrons. The van der Waals surface area contributed by atoms with Crippen molar-refractivity contribution < 1.29 is 14.0 Å². The highest BCUT2D eigenvalue weighted by Crippen LogP contribution is 2.21. The summed E-state index contributed by atoms with van der Waals surface area (Å²) in [6.45, 7) is 0.860. The molecule has 6 heteroatoms. The van der Waals surface area contributed by atoms with Crippen molar-refractivity contribution in [1.82, 2.24) is 10.2 Å². The molecule has 2 amide bonds. The van der Waals surface area contributed by atoms with Crippen LogP contribution in [0.15, 0.2) is 47.1 Å². The summed E-state index contributed by atoms with van der Waals surface area (Å²) in [5.41, 5.74) is 0.987. The molecule has 1 aromatic heterocycles. The summed E-state index contributed by atoms with van der Waals surface area (Å²) in [4.78, 5) is 26.6. The van der Waals surface area contributed by atoms with Gasteiger partial charge in [-0.1, -0.05) is 0 Å². The number of nitrogens with zero attached hydrogens (tertiary/aromatic N) is 2. The minimum atomic E-state index is -0.469. The van der Waals surface area contributed by atoms with Crippen LogP contribution in [0.1, 0.15) is 34.5 Å². The summed E-state index contributed by atoms with van der Waals surface area (Å²) in [5.74, 6) is 0.312. The first-order valence-electron chi connectivity index (χ1n) is 7.80. The number of amides is 2. The molecule has 0 aliphatic carbocycles. The number of nitriles is 1. The Labute approximate surface area is 139 Å². The summed E-state index contributed by atoms with van der Waals surface area (Å²) in [6, 6.07) is 11.6. The molecule has 1 aliphatic heterocycles. The predicted molar refractivity (Wildman–Crippen MR) is 85.8 cm³/mol. The Kier molecular flexibility index (Phi) is 4.62. The zero-order valence-electron chi connectivity index (χ0n) is 13.1. The largest absolute Gasteiger partial charge is 0.467 e. The second-order valence-electron chi connectivity index (χ2n) is 5.64. The van der Waals surface area contributed by atoms with Crippen LogP contribution in [-0.4, -0.2) is 29.3 Å². The fraction of sp³-hybridized carbons (Fsp3) is 0.278. The van der Waals surface area contributed by atoms with Gasteiger partial charge in [0.25, 0.3) is 5.91 Å². The molecule has 1 fully saturated rings. The van der Waals surface area contributed by atoms with Crippen molar-refractivity contribution in [2.45, 2.75) is 25.4 Å². The third-order valence-electron chi connectivity index (χ3n) is 4.09. The molecule has 0 unspecified atom stereocenters. The molecule has 24 heavy (non-hydrogen) atoms. The summed E-state index contributed by atoms with van der Waals surface area (Å²) in [7, 11) is 0. The molecule has 3 rings (SSSR count). The van der Waals surface area contributed by atoms with Crippen LogP contribution in [0.25, 0.3) is 0 Å². The molecule has 6 nitrogen and oxygen atoms in total. The molecule has 0 bridgehead atoms. The van der Waals surface area contributed by atoms with Crippen LogP contribution in [0, 0.1) is 11.3 Å². The third-order valence-corrected chi connectivity index (χ3v) is 4.09. The molecule has 2 aromatic rings. The minimum absolute atomic E-state index is 0.175. The second kappa shape index (κ2) is 7.01. The van der Waals surface area contributed by atoms with Crippen molar-refractivity contribution in [3.8, 4) is 6.07 Å². The van der Waals surface area contributed by atoms with E-state index in [1.807, 2.05) is 6.07 Å². The number of furan rings is 1. The lowest BCUT2D eigenvalue weighted by atomic mass is 10.1. The first kappa shape index (κ1) is 15.8.